The molecule has 0 amide bonds. The Balaban J connectivity index is 2.71. The maximum atomic E-state index is 9.45. The van der Waals surface area contributed by atoms with Crippen LogP contribution >= 0.6 is 11.6 Å². The van der Waals surface area contributed by atoms with Gasteiger partial charge in [0, 0.05) is 23.1 Å². The molecule has 0 aliphatic carbocycles. The van der Waals surface area contributed by atoms with Gasteiger partial charge >= 0.3 is 0 Å². The van der Waals surface area contributed by atoms with Crippen molar-refractivity contribution in [3.63, 3.8) is 0 Å². The molecule has 1 rings (SSSR count). The van der Waals surface area contributed by atoms with Crippen molar-refractivity contribution >= 4 is 11.6 Å². The lowest BCUT2D eigenvalue weighted by Crippen LogP contribution is -2.45. The normalized spacial score (nSPS) is 13.7. The Bertz CT molecular complexity index is 423. The van der Waals surface area contributed by atoms with E-state index in [2.05, 4.69) is 44.1 Å². The van der Waals surface area contributed by atoms with E-state index in [4.69, 9.17) is 11.6 Å². The van der Waals surface area contributed by atoms with Gasteiger partial charge in [-0.3, -0.25) is 4.90 Å². The summed E-state index contributed by atoms with van der Waals surface area (Å²) in [7, 11) is 2.06. The van der Waals surface area contributed by atoms with Crippen LogP contribution in [0.2, 0.25) is 5.02 Å². The summed E-state index contributed by atoms with van der Waals surface area (Å²) in [6.07, 6.45) is 2.09. The second-order valence-corrected chi connectivity index (χ2v) is 6.68. The van der Waals surface area contributed by atoms with Gasteiger partial charge in [-0.05, 0) is 58.0 Å². The van der Waals surface area contributed by atoms with Crippen LogP contribution in [0.5, 0.6) is 0 Å². The van der Waals surface area contributed by atoms with Gasteiger partial charge in [-0.25, -0.2) is 0 Å². The SMILES string of the molecule is CCCNC(CCN(C)C(C)(C)CO)c1cccc(Cl)c1. The third-order valence-corrected chi connectivity index (χ3v) is 4.30. The van der Waals surface area contributed by atoms with Crippen molar-refractivity contribution in [1.29, 1.82) is 0 Å². The molecule has 1 aromatic carbocycles. The molecule has 0 aliphatic rings. The summed E-state index contributed by atoms with van der Waals surface area (Å²) in [6.45, 7) is 8.35. The van der Waals surface area contributed by atoms with Crippen LogP contribution in [-0.2, 0) is 0 Å². The van der Waals surface area contributed by atoms with E-state index in [1.165, 1.54) is 5.56 Å². The zero-order chi connectivity index (χ0) is 15.9. The van der Waals surface area contributed by atoms with Gasteiger partial charge in [0.25, 0.3) is 0 Å². The molecule has 0 aromatic heterocycles. The van der Waals surface area contributed by atoms with E-state index in [9.17, 15) is 5.11 Å². The van der Waals surface area contributed by atoms with Crippen LogP contribution in [0.4, 0.5) is 0 Å². The summed E-state index contributed by atoms with van der Waals surface area (Å²) in [4.78, 5) is 2.21. The molecule has 0 saturated carbocycles. The van der Waals surface area contributed by atoms with Crippen LogP contribution in [0.15, 0.2) is 24.3 Å². The molecule has 1 aromatic rings. The molecular formula is C17H29ClN2O. The number of nitrogens with one attached hydrogen (secondary N) is 1. The third-order valence-electron chi connectivity index (χ3n) is 4.07. The standard InChI is InChI=1S/C17H29ClN2O/c1-5-10-19-16(14-7-6-8-15(18)12-14)9-11-20(4)17(2,3)13-21/h6-8,12,16,19,21H,5,9-11,13H2,1-4H3. The number of aliphatic hydroxyl groups is 1. The van der Waals surface area contributed by atoms with E-state index in [1.54, 1.807) is 0 Å². The van der Waals surface area contributed by atoms with Crippen molar-refractivity contribution in [1.82, 2.24) is 10.2 Å². The number of likely N-dealkylation sites (N-methyl/N-ethyl adjacent to an activating group) is 1. The Hall–Kier alpha value is -0.610. The van der Waals surface area contributed by atoms with Crippen molar-refractivity contribution in [3.8, 4) is 0 Å². The molecule has 0 spiro atoms. The highest BCUT2D eigenvalue weighted by molar-refractivity contribution is 6.30. The maximum absolute atomic E-state index is 9.45. The van der Waals surface area contributed by atoms with Crippen molar-refractivity contribution in [2.24, 2.45) is 0 Å². The van der Waals surface area contributed by atoms with E-state index in [1.807, 2.05) is 18.2 Å². The minimum absolute atomic E-state index is 0.160. The lowest BCUT2D eigenvalue weighted by molar-refractivity contribution is 0.0758. The van der Waals surface area contributed by atoms with Crippen LogP contribution in [0.3, 0.4) is 0 Å². The molecule has 0 radical (unpaired) electrons. The van der Waals surface area contributed by atoms with Gasteiger partial charge in [-0.2, -0.15) is 0 Å². The van der Waals surface area contributed by atoms with Crippen molar-refractivity contribution < 1.29 is 5.11 Å². The Morgan fingerprint density at radius 2 is 2.10 bits per heavy atom. The number of aliphatic hydroxyl groups excluding tert-OH is 1. The first-order valence-electron chi connectivity index (χ1n) is 7.71. The van der Waals surface area contributed by atoms with Gasteiger partial charge in [0.1, 0.15) is 0 Å². The second kappa shape index (κ2) is 8.74. The average Bonchev–Trinajstić information content (AvgIpc) is 2.47. The van der Waals surface area contributed by atoms with Crippen molar-refractivity contribution in [2.75, 3.05) is 26.7 Å². The first-order valence-corrected chi connectivity index (χ1v) is 8.09. The van der Waals surface area contributed by atoms with Gasteiger partial charge in [-0.1, -0.05) is 30.7 Å². The van der Waals surface area contributed by atoms with Crippen LogP contribution in [0.25, 0.3) is 0 Å². The number of rotatable bonds is 9. The fourth-order valence-electron chi connectivity index (χ4n) is 2.17. The van der Waals surface area contributed by atoms with Crippen LogP contribution in [0.1, 0.15) is 45.2 Å². The molecule has 3 nitrogen and oxygen atoms in total. The first-order chi connectivity index (χ1) is 9.90. The summed E-state index contributed by atoms with van der Waals surface area (Å²) >= 11 is 6.11. The second-order valence-electron chi connectivity index (χ2n) is 6.24. The van der Waals surface area contributed by atoms with Crippen LogP contribution < -0.4 is 5.32 Å². The molecule has 0 saturated heterocycles. The Kier molecular flexibility index (Phi) is 7.67. The molecule has 1 atom stereocenters. The predicted octanol–water partition coefficient (Wildman–Crippen LogP) is 3.47. The quantitative estimate of drug-likeness (QED) is 0.733. The fourth-order valence-corrected chi connectivity index (χ4v) is 2.37. The molecule has 2 N–H and O–H groups in total. The largest absolute Gasteiger partial charge is 0.394 e. The van der Waals surface area contributed by atoms with E-state index in [-0.39, 0.29) is 12.1 Å². The molecule has 21 heavy (non-hydrogen) atoms. The van der Waals surface area contributed by atoms with Gasteiger partial charge in [0.2, 0.25) is 0 Å². The lowest BCUT2D eigenvalue weighted by atomic mass is 10.0. The molecule has 120 valence electrons. The van der Waals surface area contributed by atoms with E-state index in [0.29, 0.717) is 6.04 Å². The number of hydrogen-bond acceptors (Lipinski definition) is 3. The highest BCUT2D eigenvalue weighted by Crippen LogP contribution is 2.22. The fraction of sp³-hybridized carbons (Fsp3) is 0.647. The Labute approximate surface area is 134 Å². The molecule has 4 heteroatoms. The summed E-state index contributed by atoms with van der Waals surface area (Å²) in [6, 6.07) is 8.35. The number of halogens is 1. The summed E-state index contributed by atoms with van der Waals surface area (Å²) in [5.41, 5.74) is 1.04. The van der Waals surface area contributed by atoms with E-state index < -0.39 is 0 Å². The highest BCUT2D eigenvalue weighted by Gasteiger charge is 2.23. The topological polar surface area (TPSA) is 35.5 Å². The zero-order valence-corrected chi connectivity index (χ0v) is 14.5. The van der Waals surface area contributed by atoms with E-state index in [0.717, 1.165) is 31.0 Å². The Morgan fingerprint density at radius 1 is 1.38 bits per heavy atom. The smallest absolute Gasteiger partial charge is 0.0609 e. The molecular weight excluding hydrogens is 284 g/mol. The third kappa shape index (κ3) is 5.95. The summed E-state index contributed by atoms with van der Waals surface area (Å²) in [5.74, 6) is 0. The minimum atomic E-state index is -0.191. The minimum Gasteiger partial charge on any atom is -0.394 e. The predicted molar refractivity (Wildman–Crippen MR) is 90.9 cm³/mol. The Morgan fingerprint density at radius 3 is 2.67 bits per heavy atom. The average molecular weight is 313 g/mol. The molecule has 0 fully saturated rings. The molecule has 0 heterocycles. The number of benzene rings is 1. The zero-order valence-electron chi connectivity index (χ0n) is 13.7. The maximum Gasteiger partial charge on any atom is 0.0609 e. The van der Waals surface area contributed by atoms with E-state index >= 15 is 0 Å². The van der Waals surface area contributed by atoms with Gasteiger partial charge in [0.05, 0.1) is 6.61 Å². The van der Waals surface area contributed by atoms with Crippen molar-refractivity contribution in [3.05, 3.63) is 34.9 Å². The van der Waals surface area contributed by atoms with Gasteiger partial charge < -0.3 is 10.4 Å². The monoisotopic (exact) mass is 312 g/mol. The van der Waals surface area contributed by atoms with Crippen LogP contribution in [-0.4, -0.2) is 42.3 Å². The molecule has 0 aliphatic heterocycles. The first kappa shape index (κ1) is 18.4. The van der Waals surface area contributed by atoms with Gasteiger partial charge in [0.15, 0.2) is 0 Å². The van der Waals surface area contributed by atoms with Crippen molar-refractivity contribution in [2.45, 2.75) is 45.2 Å². The molecule has 0 bridgehead atoms. The summed E-state index contributed by atoms with van der Waals surface area (Å²) < 4.78 is 0. The summed E-state index contributed by atoms with van der Waals surface area (Å²) in [5, 5.41) is 13.8. The number of hydrogen-bond donors (Lipinski definition) is 2. The molecule has 1 unspecified atom stereocenters. The highest BCUT2D eigenvalue weighted by atomic mass is 35.5. The van der Waals surface area contributed by atoms with Crippen LogP contribution in [0, 0.1) is 0 Å². The number of nitrogens with zero attached hydrogens (tertiary/aromatic N) is 1. The van der Waals surface area contributed by atoms with Gasteiger partial charge in [-0.15, -0.1) is 0 Å². The lowest BCUT2D eigenvalue weighted by Gasteiger charge is -2.35.